The Balaban J connectivity index is 1.78. The second-order valence-electron chi connectivity index (χ2n) is 4.24. The van der Waals surface area contributed by atoms with Gasteiger partial charge in [-0.25, -0.2) is 0 Å². The Bertz CT molecular complexity index is 837. The molecule has 0 saturated heterocycles. The lowest BCUT2D eigenvalue weighted by molar-refractivity contribution is -0.384. The second-order valence-corrected chi connectivity index (χ2v) is 5.11. The summed E-state index contributed by atoms with van der Waals surface area (Å²) >= 11 is 1.50. The minimum Gasteiger partial charge on any atom is -0.479 e. The van der Waals surface area contributed by atoms with E-state index in [9.17, 15) is 10.1 Å². The maximum absolute atomic E-state index is 10.6. The van der Waals surface area contributed by atoms with Gasteiger partial charge in [-0.15, -0.1) is 11.3 Å². The van der Waals surface area contributed by atoms with Crippen LogP contribution in [0, 0.1) is 10.1 Å². The summed E-state index contributed by atoms with van der Waals surface area (Å²) in [6.45, 7) is 0. The van der Waals surface area contributed by atoms with E-state index < -0.39 is 4.92 Å². The molecule has 1 aromatic carbocycles. The number of rotatable bonds is 5. The van der Waals surface area contributed by atoms with Crippen LogP contribution in [0.15, 0.2) is 40.9 Å². The third-order valence-corrected chi connectivity index (χ3v) is 3.67. The van der Waals surface area contributed by atoms with E-state index in [-0.39, 0.29) is 5.69 Å². The Hall–Kier alpha value is -2.94. The number of nitrogens with one attached hydrogen (secondary N) is 1. The number of hydrazone groups is 1. The van der Waals surface area contributed by atoms with Crippen LogP contribution in [0.4, 0.5) is 11.4 Å². The molecule has 0 saturated carbocycles. The zero-order valence-electron chi connectivity index (χ0n) is 11.5. The van der Waals surface area contributed by atoms with E-state index in [0.717, 1.165) is 4.96 Å². The zero-order valence-corrected chi connectivity index (χ0v) is 12.3. The number of aromatic nitrogens is 2. The maximum atomic E-state index is 10.6. The van der Waals surface area contributed by atoms with Crippen molar-refractivity contribution in [3.8, 4) is 5.88 Å². The van der Waals surface area contributed by atoms with Crippen LogP contribution in [0.1, 0.15) is 5.69 Å². The summed E-state index contributed by atoms with van der Waals surface area (Å²) in [6, 6.07) is 6.00. The number of hydrogen-bond donors (Lipinski definition) is 1. The highest BCUT2D eigenvalue weighted by Gasteiger charge is 2.11. The van der Waals surface area contributed by atoms with Crippen molar-refractivity contribution in [2.75, 3.05) is 12.5 Å². The normalized spacial score (nSPS) is 11.1. The average molecular weight is 317 g/mol. The fraction of sp³-hybridized carbons (Fsp3) is 0.0769. The third-order valence-electron chi connectivity index (χ3n) is 2.92. The second kappa shape index (κ2) is 5.82. The van der Waals surface area contributed by atoms with Gasteiger partial charge in [0, 0.05) is 23.7 Å². The van der Waals surface area contributed by atoms with Crippen molar-refractivity contribution >= 4 is 33.9 Å². The van der Waals surface area contributed by atoms with Crippen molar-refractivity contribution in [1.29, 1.82) is 0 Å². The lowest BCUT2D eigenvalue weighted by Gasteiger charge is -2.00. The standard InChI is InChI=1S/C13H11N5O3S/c1-21-12-11(17-6-7-22-13(17)15-12)8-14-16-9-2-4-10(5-3-9)18(19)20/h2-8,16H,1H3/b14-8+. The first kappa shape index (κ1) is 14.0. The molecule has 2 aromatic heterocycles. The van der Waals surface area contributed by atoms with Gasteiger partial charge < -0.3 is 4.74 Å². The molecule has 0 bridgehead atoms. The highest BCUT2D eigenvalue weighted by molar-refractivity contribution is 7.15. The SMILES string of the molecule is COc1nc2sccn2c1/C=N/Nc1ccc([N+](=O)[O-])cc1. The molecular weight excluding hydrogens is 306 g/mol. The maximum Gasteiger partial charge on any atom is 0.269 e. The number of non-ortho nitro benzene ring substituents is 1. The van der Waals surface area contributed by atoms with Gasteiger partial charge in [-0.3, -0.25) is 19.9 Å². The number of nitro groups is 1. The van der Waals surface area contributed by atoms with E-state index in [1.807, 2.05) is 16.0 Å². The van der Waals surface area contributed by atoms with Crippen molar-refractivity contribution in [3.63, 3.8) is 0 Å². The molecule has 0 amide bonds. The van der Waals surface area contributed by atoms with Crippen molar-refractivity contribution in [2.24, 2.45) is 5.10 Å². The molecule has 9 heteroatoms. The van der Waals surface area contributed by atoms with Crippen molar-refractivity contribution in [1.82, 2.24) is 9.38 Å². The van der Waals surface area contributed by atoms with E-state index in [1.54, 1.807) is 25.5 Å². The van der Waals surface area contributed by atoms with Crippen molar-refractivity contribution in [2.45, 2.75) is 0 Å². The average Bonchev–Trinajstić information content (AvgIpc) is 3.09. The van der Waals surface area contributed by atoms with Crippen LogP contribution >= 0.6 is 11.3 Å². The summed E-state index contributed by atoms with van der Waals surface area (Å²) in [5, 5.41) is 16.6. The number of fused-ring (bicyclic) bond motifs is 1. The quantitative estimate of drug-likeness (QED) is 0.443. The molecule has 1 N–H and O–H groups in total. The predicted octanol–water partition coefficient (Wildman–Crippen LogP) is 2.76. The zero-order chi connectivity index (χ0) is 15.5. The molecule has 3 aromatic rings. The lowest BCUT2D eigenvalue weighted by atomic mass is 10.3. The number of ether oxygens (including phenoxy) is 1. The van der Waals surface area contributed by atoms with Gasteiger partial charge in [-0.2, -0.15) is 10.1 Å². The number of imidazole rings is 1. The van der Waals surface area contributed by atoms with Gasteiger partial charge >= 0.3 is 0 Å². The minimum atomic E-state index is -0.447. The van der Waals surface area contributed by atoms with Crippen LogP contribution < -0.4 is 10.2 Å². The number of nitrogens with zero attached hydrogens (tertiary/aromatic N) is 4. The smallest absolute Gasteiger partial charge is 0.269 e. The monoisotopic (exact) mass is 317 g/mol. The van der Waals surface area contributed by atoms with Gasteiger partial charge in [-0.1, -0.05) is 0 Å². The van der Waals surface area contributed by atoms with Gasteiger partial charge in [0.2, 0.25) is 5.88 Å². The number of hydrogen-bond acceptors (Lipinski definition) is 7. The molecule has 0 radical (unpaired) electrons. The molecule has 0 aliphatic carbocycles. The Kier molecular flexibility index (Phi) is 3.71. The first-order valence-electron chi connectivity index (χ1n) is 6.22. The van der Waals surface area contributed by atoms with E-state index in [2.05, 4.69) is 15.5 Å². The first-order valence-corrected chi connectivity index (χ1v) is 7.10. The number of benzene rings is 1. The molecule has 3 rings (SSSR count). The Morgan fingerprint density at radius 2 is 2.23 bits per heavy atom. The van der Waals surface area contributed by atoms with Crippen LogP contribution in [-0.2, 0) is 0 Å². The molecule has 8 nitrogen and oxygen atoms in total. The van der Waals surface area contributed by atoms with Crippen LogP contribution in [0.2, 0.25) is 0 Å². The number of anilines is 1. The van der Waals surface area contributed by atoms with Gasteiger partial charge in [0.15, 0.2) is 4.96 Å². The number of nitro benzene ring substituents is 1. The molecule has 0 spiro atoms. The molecule has 0 aliphatic heterocycles. The largest absolute Gasteiger partial charge is 0.479 e. The van der Waals surface area contributed by atoms with Crippen LogP contribution in [0.5, 0.6) is 5.88 Å². The molecule has 2 heterocycles. The summed E-state index contributed by atoms with van der Waals surface area (Å²) < 4.78 is 7.08. The summed E-state index contributed by atoms with van der Waals surface area (Å²) in [6.07, 6.45) is 3.47. The predicted molar refractivity (Wildman–Crippen MR) is 83.9 cm³/mol. The molecule has 0 aliphatic rings. The van der Waals surface area contributed by atoms with Crippen molar-refractivity contribution < 1.29 is 9.66 Å². The Morgan fingerprint density at radius 3 is 2.91 bits per heavy atom. The van der Waals surface area contributed by atoms with E-state index in [0.29, 0.717) is 17.3 Å². The molecular formula is C13H11N5O3S. The fourth-order valence-electron chi connectivity index (χ4n) is 1.88. The van der Waals surface area contributed by atoms with Crippen LogP contribution in [0.25, 0.3) is 4.96 Å². The summed E-state index contributed by atoms with van der Waals surface area (Å²) in [4.78, 5) is 15.3. The molecule has 0 atom stereocenters. The molecule has 0 unspecified atom stereocenters. The lowest BCUT2D eigenvalue weighted by Crippen LogP contribution is -1.96. The van der Waals surface area contributed by atoms with Crippen molar-refractivity contribution in [3.05, 3.63) is 51.7 Å². The van der Waals surface area contributed by atoms with Gasteiger partial charge in [-0.05, 0) is 12.1 Å². The molecule has 22 heavy (non-hydrogen) atoms. The summed E-state index contributed by atoms with van der Waals surface area (Å²) in [7, 11) is 1.55. The highest BCUT2D eigenvalue weighted by atomic mass is 32.1. The number of thiazole rings is 1. The van der Waals surface area contributed by atoms with E-state index >= 15 is 0 Å². The topological polar surface area (TPSA) is 94.1 Å². The number of methoxy groups -OCH3 is 1. The summed E-state index contributed by atoms with van der Waals surface area (Å²) in [5.74, 6) is 0.487. The first-order chi connectivity index (χ1) is 10.7. The fourth-order valence-corrected chi connectivity index (χ4v) is 2.59. The van der Waals surface area contributed by atoms with Crippen LogP contribution in [0.3, 0.4) is 0 Å². The van der Waals surface area contributed by atoms with Gasteiger partial charge in [0.1, 0.15) is 5.69 Å². The molecule has 112 valence electrons. The Morgan fingerprint density at radius 1 is 1.45 bits per heavy atom. The molecule has 0 fully saturated rings. The summed E-state index contributed by atoms with van der Waals surface area (Å²) in [5.41, 5.74) is 4.21. The third kappa shape index (κ3) is 2.61. The van der Waals surface area contributed by atoms with Crippen LogP contribution in [-0.4, -0.2) is 27.6 Å². The minimum absolute atomic E-state index is 0.0342. The van der Waals surface area contributed by atoms with E-state index in [1.165, 1.54) is 23.5 Å². The Labute approximate surface area is 128 Å². The van der Waals surface area contributed by atoms with Gasteiger partial charge in [0.05, 0.1) is 23.9 Å². The van der Waals surface area contributed by atoms with Gasteiger partial charge in [0.25, 0.3) is 5.69 Å². The highest BCUT2D eigenvalue weighted by Crippen LogP contribution is 2.21. The van der Waals surface area contributed by atoms with E-state index in [4.69, 9.17) is 4.74 Å².